The largest absolute Gasteiger partial charge is 0.475 e. The Morgan fingerprint density at radius 1 is 1.38 bits per heavy atom. The van der Waals surface area contributed by atoms with Crippen molar-refractivity contribution >= 4 is 0 Å². The van der Waals surface area contributed by atoms with Gasteiger partial charge in [-0.1, -0.05) is 0 Å². The highest BCUT2D eigenvalue weighted by Crippen LogP contribution is 2.23. The van der Waals surface area contributed by atoms with Crippen LogP contribution in [0, 0.1) is 0 Å². The van der Waals surface area contributed by atoms with Crippen LogP contribution in [0.4, 0.5) is 0 Å². The van der Waals surface area contributed by atoms with E-state index < -0.39 is 0 Å². The summed E-state index contributed by atoms with van der Waals surface area (Å²) in [6.07, 6.45) is 3.83. The predicted molar refractivity (Wildman–Crippen MR) is 83.0 cm³/mol. The summed E-state index contributed by atoms with van der Waals surface area (Å²) in [5.41, 5.74) is 8.60. The predicted octanol–water partition coefficient (Wildman–Crippen LogP) is 1.65. The summed E-state index contributed by atoms with van der Waals surface area (Å²) in [6, 6.07) is 3.85. The highest BCUT2D eigenvalue weighted by atomic mass is 16.5. The first kappa shape index (κ1) is 15.5. The van der Waals surface area contributed by atoms with Crippen LogP contribution in [0.5, 0.6) is 5.88 Å². The molecule has 3 N–H and O–H groups in total. The summed E-state index contributed by atoms with van der Waals surface area (Å²) < 4.78 is 5.55. The minimum absolute atomic E-state index is 0.120. The van der Waals surface area contributed by atoms with Gasteiger partial charge in [0.25, 0.3) is 0 Å². The smallest absolute Gasteiger partial charge is 0.213 e. The lowest BCUT2D eigenvalue weighted by Gasteiger charge is -2.15. The molecule has 0 saturated heterocycles. The van der Waals surface area contributed by atoms with Crippen LogP contribution in [0.25, 0.3) is 11.3 Å². The molecule has 0 aliphatic rings. The van der Waals surface area contributed by atoms with E-state index in [1.807, 2.05) is 39.2 Å². The normalized spacial score (nSPS) is 11.3. The van der Waals surface area contributed by atoms with Crippen LogP contribution in [0.2, 0.25) is 0 Å². The van der Waals surface area contributed by atoms with Crippen molar-refractivity contribution in [3.05, 3.63) is 30.1 Å². The molecule has 2 heterocycles. The van der Waals surface area contributed by atoms with Crippen molar-refractivity contribution in [2.24, 2.45) is 5.73 Å². The van der Waals surface area contributed by atoms with Gasteiger partial charge in [0.1, 0.15) is 0 Å². The summed E-state index contributed by atoms with van der Waals surface area (Å²) in [5, 5.41) is 7.25. The molecule has 0 amide bonds. The molecular weight excluding hydrogens is 266 g/mol. The molecular formula is C15H23N5O. The molecule has 0 saturated carbocycles. The molecule has 0 bridgehead atoms. The van der Waals surface area contributed by atoms with Crippen molar-refractivity contribution in [3.63, 3.8) is 0 Å². The van der Waals surface area contributed by atoms with E-state index in [1.165, 1.54) is 0 Å². The maximum absolute atomic E-state index is 5.57. The van der Waals surface area contributed by atoms with Gasteiger partial charge in [-0.05, 0) is 27.0 Å². The van der Waals surface area contributed by atoms with E-state index in [9.17, 15) is 0 Å². The Morgan fingerprint density at radius 2 is 2.19 bits per heavy atom. The van der Waals surface area contributed by atoms with E-state index in [2.05, 4.69) is 20.1 Å². The fraction of sp³-hybridized carbons (Fsp3) is 0.467. The number of aromatic nitrogens is 3. The number of likely N-dealkylation sites (N-methyl/N-ethyl adjacent to an activating group) is 1. The maximum Gasteiger partial charge on any atom is 0.213 e. The highest BCUT2D eigenvalue weighted by Gasteiger charge is 2.11. The number of nitrogens with zero attached hydrogens (tertiary/aromatic N) is 3. The van der Waals surface area contributed by atoms with Crippen molar-refractivity contribution in [1.82, 2.24) is 20.1 Å². The number of nitrogens with two attached hydrogens (primary N) is 1. The molecule has 2 rings (SSSR count). The second-order valence-electron chi connectivity index (χ2n) is 5.34. The van der Waals surface area contributed by atoms with Gasteiger partial charge in [-0.25, -0.2) is 4.98 Å². The lowest BCUT2D eigenvalue weighted by molar-refractivity contribution is 0.232. The third-order valence-corrected chi connectivity index (χ3v) is 3.04. The number of rotatable bonds is 7. The molecule has 2 aromatic rings. The number of aromatic amines is 1. The van der Waals surface area contributed by atoms with Crippen molar-refractivity contribution in [2.75, 3.05) is 20.1 Å². The second-order valence-corrected chi connectivity index (χ2v) is 5.34. The van der Waals surface area contributed by atoms with Gasteiger partial charge in [-0.2, -0.15) is 5.10 Å². The van der Waals surface area contributed by atoms with E-state index in [-0.39, 0.29) is 6.10 Å². The zero-order valence-corrected chi connectivity index (χ0v) is 12.8. The van der Waals surface area contributed by atoms with Gasteiger partial charge in [0.2, 0.25) is 5.88 Å². The SMILES string of the molecule is CC(C)Oc1ccc(-c2n[nH]cc2CN(C)CCN)cn1. The third kappa shape index (κ3) is 4.27. The monoisotopic (exact) mass is 289 g/mol. The first-order chi connectivity index (χ1) is 10.1. The van der Waals surface area contributed by atoms with Gasteiger partial charge >= 0.3 is 0 Å². The lowest BCUT2D eigenvalue weighted by Crippen LogP contribution is -2.25. The Labute approximate surface area is 125 Å². The molecule has 0 fully saturated rings. The molecule has 0 aromatic carbocycles. The zero-order valence-electron chi connectivity index (χ0n) is 12.8. The van der Waals surface area contributed by atoms with E-state index in [1.54, 1.807) is 6.20 Å². The molecule has 6 nitrogen and oxygen atoms in total. The van der Waals surface area contributed by atoms with Gasteiger partial charge in [-0.15, -0.1) is 0 Å². The van der Waals surface area contributed by atoms with Crippen LogP contribution in [0.15, 0.2) is 24.5 Å². The minimum Gasteiger partial charge on any atom is -0.475 e. The Morgan fingerprint density at radius 3 is 2.81 bits per heavy atom. The van der Waals surface area contributed by atoms with Gasteiger partial charge in [0.05, 0.1) is 11.8 Å². The van der Waals surface area contributed by atoms with Gasteiger partial charge < -0.3 is 15.4 Å². The van der Waals surface area contributed by atoms with Crippen molar-refractivity contribution in [1.29, 1.82) is 0 Å². The molecule has 0 spiro atoms. The molecule has 21 heavy (non-hydrogen) atoms. The zero-order chi connectivity index (χ0) is 15.2. The summed E-state index contributed by atoms with van der Waals surface area (Å²) >= 11 is 0. The molecule has 6 heteroatoms. The van der Waals surface area contributed by atoms with Crippen LogP contribution in [-0.4, -0.2) is 46.3 Å². The van der Waals surface area contributed by atoms with Gasteiger partial charge in [-0.3, -0.25) is 5.10 Å². The molecule has 0 aliphatic heterocycles. The van der Waals surface area contributed by atoms with Gasteiger partial charge in [0.15, 0.2) is 0 Å². The minimum atomic E-state index is 0.120. The van der Waals surface area contributed by atoms with Crippen molar-refractivity contribution in [2.45, 2.75) is 26.5 Å². The van der Waals surface area contributed by atoms with Gasteiger partial charge in [0, 0.05) is 49.2 Å². The van der Waals surface area contributed by atoms with Crippen molar-refractivity contribution < 1.29 is 4.74 Å². The summed E-state index contributed by atoms with van der Waals surface area (Å²) in [7, 11) is 2.04. The number of ether oxygens (including phenoxy) is 1. The highest BCUT2D eigenvalue weighted by molar-refractivity contribution is 5.61. The van der Waals surface area contributed by atoms with E-state index in [0.717, 1.165) is 29.9 Å². The molecule has 0 unspecified atom stereocenters. The van der Waals surface area contributed by atoms with Crippen LogP contribution in [0.1, 0.15) is 19.4 Å². The summed E-state index contributed by atoms with van der Waals surface area (Å²) in [4.78, 5) is 6.49. The van der Waals surface area contributed by atoms with E-state index in [4.69, 9.17) is 10.5 Å². The number of nitrogens with one attached hydrogen (secondary N) is 1. The molecule has 0 radical (unpaired) electrons. The fourth-order valence-corrected chi connectivity index (χ4v) is 2.11. The second kappa shape index (κ2) is 7.19. The quantitative estimate of drug-likeness (QED) is 0.810. The Bertz CT molecular complexity index is 549. The molecule has 114 valence electrons. The molecule has 0 aliphatic carbocycles. The number of hydrogen-bond acceptors (Lipinski definition) is 5. The van der Waals surface area contributed by atoms with E-state index >= 15 is 0 Å². The van der Waals surface area contributed by atoms with Crippen LogP contribution < -0.4 is 10.5 Å². The molecule has 2 aromatic heterocycles. The fourth-order valence-electron chi connectivity index (χ4n) is 2.11. The Hall–Kier alpha value is -1.92. The Balaban J connectivity index is 2.13. The molecule has 0 atom stereocenters. The van der Waals surface area contributed by atoms with E-state index in [0.29, 0.717) is 12.4 Å². The number of pyridine rings is 1. The van der Waals surface area contributed by atoms with Crippen LogP contribution >= 0.6 is 0 Å². The van der Waals surface area contributed by atoms with Crippen LogP contribution in [-0.2, 0) is 6.54 Å². The standard InChI is InChI=1S/C15H23N5O/c1-11(2)21-14-5-4-12(8-17-14)15-13(9-18-19-15)10-20(3)7-6-16/h4-5,8-9,11H,6-7,10,16H2,1-3H3,(H,18,19). The maximum atomic E-state index is 5.57. The third-order valence-electron chi connectivity index (χ3n) is 3.04. The van der Waals surface area contributed by atoms with Crippen molar-refractivity contribution in [3.8, 4) is 17.1 Å². The topological polar surface area (TPSA) is 80.1 Å². The van der Waals surface area contributed by atoms with Crippen LogP contribution in [0.3, 0.4) is 0 Å². The first-order valence-corrected chi connectivity index (χ1v) is 7.14. The lowest BCUT2D eigenvalue weighted by atomic mass is 10.1. The number of hydrogen-bond donors (Lipinski definition) is 2. The summed E-state index contributed by atoms with van der Waals surface area (Å²) in [5.74, 6) is 0.631. The average molecular weight is 289 g/mol. The first-order valence-electron chi connectivity index (χ1n) is 7.14. The number of H-pyrrole nitrogens is 1. The summed E-state index contributed by atoms with van der Waals surface area (Å²) in [6.45, 7) is 6.26. The average Bonchev–Trinajstić information content (AvgIpc) is 2.87. The Kier molecular flexibility index (Phi) is 5.30.